The Labute approximate surface area is 111 Å². The Bertz CT molecular complexity index is 453. The third-order valence-electron chi connectivity index (χ3n) is 3.40. The molecule has 18 heavy (non-hydrogen) atoms. The lowest BCUT2D eigenvalue weighted by Crippen LogP contribution is -2.24. The molecular formula is C13H17FN2OS. The number of halogens is 1. The first-order chi connectivity index (χ1) is 8.63. The topological polar surface area (TPSA) is 49.5 Å². The molecule has 1 heterocycles. The van der Waals surface area contributed by atoms with Crippen LogP contribution in [0.5, 0.6) is 0 Å². The van der Waals surface area contributed by atoms with Crippen molar-refractivity contribution in [3.8, 4) is 0 Å². The van der Waals surface area contributed by atoms with E-state index in [-0.39, 0.29) is 17.4 Å². The molecule has 5 heteroatoms. The predicted octanol–water partition coefficient (Wildman–Crippen LogP) is 1.67. The first-order valence-electron chi connectivity index (χ1n) is 6.07. The van der Waals surface area contributed by atoms with E-state index < -0.39 is 0 Å². The van der Waals surface area contributed by atoms with Gasteiger partial charge in [-0.3, -0.25) is 0 Å². The highest BCUT2D eigenvalue weighted by Crippen LogP contribution is 2.29. The number of aliphatic hydroxyl groups excluding tert-OH is 1. The molecule has 0 amide bonds. The largest absolute Gasteiger partial charge is 0.396 e. The molecule has 0 aliphatic carbocycles. The summed E-state index contributed by atoms with van der Waals surface area (Å²) < 4.78 is 13.8. The van der Waals surface area contributed by atoms with Gasteiger partial charge in [-0.15, -0.1) is 0 Å². The second kappa shape index (κ2) is 5.63. The summed E-state index contributed by atoms with van der Waals surface area (Å²) in [5, 5.41) is 8.95. The maximum Gasteiger partial charge on any atom is 0.135 e. The van der Waals surface area contributed by atoms with Gasteiger partial charge in [0.05, 0.1) is 5.56 Å². The molecule has 0 radical (unpaired) electrons. The van der Waals surface area contributed by atoms with Gasteiger partial charge in [-0.25, -0.2) is 4.39 Å². The average Bonchev–Trinajstić information content (AvgIpc) is 2.77. The zero-order valence-electron chi connectivity index (χ0n) is 10.1. The van der Waals surface area contributed by atoms with Crippen LogP contribution in [0.1, 0.15) is 18.4 Å². The Kier molecular flexibility index (Phi) is 4.14. The molecule has 0 bridgehead atoms. The molecule has 1 aliphatic rings. The highest BCUT2D eigenvalue weighted by atomic mass is 32.1. The Morgan fingerprint density at radius 2 is 2.33 bits per heavy atom. The minimum Gasteiger partial charge on any atom is -0.396 e. The lowest BCUT2D eigenvalue weighted by atomic mass is 10.1. The number of thiocarbonyl (C=S) groups is 1. The van der Waals surface area contributed by atoms with E-state index in [1.807, 2.05) is 6.07 Å². The van der Waals surface area contributed by atoms with E-state index in [9.17, 15) is 4.39 Å². The lowest BCUT2D eigenvalue weighted by molar-refractivity contribution is 0.263. The number of hydrogen-bond acceptors (Lipinski definition) is 3. The zero-order valence-corrected chi connectivity index (χ0v) is 10.9. The van der Waals surface area contributed by atoms with Gasteiger partial charge in [0, 0.05) is 25.4 Å². The fourth-order valence-electron chi connectivity index (χ4n) is 2.49. The summed E-state index contributed by atoms with van der Waals surface area (Å²) in [6.07, 6.45) is 1.79. The number of nitrogens with zero attached hydrogens (tertiary/aromatic N) is 1. The highest BCUT2D eigenvalue weighted by Gasteiger charge is 2.25. The van der Waals surface area contributed by atoms with Crippen molar-refractivity contribution in [2.75, 3.05) is 24.6 Å². The molecule has 3 N–H and O–H groups in total. The SMILES string of the molecule is NC(=S)c1c(F)cccc1N1CCC(CCO)C1. The summed E-state index contributed by atoms with van der Waals surface area (Å²) in [7, 11) is 0. The third kappa shape index (κ3) is 2.62. The molecule has 2 rings (SSSR count). The fraction of sp³-hybridized carbons (Fsp3) is 0.462. The van der Waals surface area contributed by atoms with E-state index in [0.29, 0.717) is 11.5 Å². The number of rotatable bonds is 4. The standard InChI is InChI=1S/C13H17FN2OS/c14-10-2-1-3-11(12(10)13(15)18)16-6-4-9(8-16)5-7-17/h1-3,9,17H,4-8H2,(H2,15,18). The Morgan fingerprint density at radius 3 is 3.00 bits per heavy atom. The van der Waals surface area contributed by atoms with Crippen molar-refractivity contribution in [3.63, 3.8) is 0 Å². The Morgan fingerprint density at radius 1 is 1.56 bits per heavy atom. The summed E-state index contributed by atoms with van der Waals surface area (Å²) in [6, 6.07) is 4.89. The van der Waals surface area contributed by atoms with Gasteiger partial charge in [0.1, 0.15) is 10.8 Å². The van der Waals surface area contributed by atoms with Crippen LogP contribution in [-0.2, 0) is 0 Å². The molecule has 0 saturated carbocycles. The van der Waals surface area contributed by atoms with E-state index in [1.54, 1.807) is 6.07 Å². The summed E-state index contributed by atoms with van der Waals surface area (Å²) in [5.41, 5.74) is 6.70. The van der Waals surface area contributed by atoms with E-state index in [2.05, 4.69) is 4.90 Å². The van der Waals surface area contributed by atoms with Gasteiger partial charge in [-0.1, -0.05) is 18.3 Å². The van der Waals surface area contributed by atoms with Gasteiger partial charge in [0.25, 0.3) is 0 Å². The molecule has 98 valence electrons. The molecule has 1 aromatic carbocycles. The molecule has 3 nitrogen and oxygen atoms in total. The maximum absolute atomic E-state index is 13.8. The monoisotopic (exact) mass is 268 g/mol. The first kappa shape index (κ1) is 13.2. The first-order valence-corrected chi connectivity index (χ1v) is 6.48. The highest BCUT2D eigenvalue weighted by molar-refractivity contribution is 7.80. The number of aliphatic hydroxyl groups is 1. The van der Waals surface area contributed by atoms with Crippen molar-refractivity contribution in [2.45, 2.75) is 12.8 Å². The predicted molar refractivity (Wildman–Crippen MR) is 74.3 cm³/mol. The summed E-state index contributed by atoms with van der Waals surface area (Å²) in [4.78, 5) is 2.19. The van der Waals surface area contributed by atoms with Gasteiger partial charge in [0.15, 0.2) is 0 Å². The number of nitrogens with two attached hydrogens (primary N) is 1. The van der Waals surface area contributed by atoms with Crippen LogP contribution in [0, 0.1) is 11.7 Å². The summed E-state index contributed by atoms with van der Waals surface area (Å²) in [6.45, 7) is 1.87. The molecule has 1 fully saturated rings. The van der Waals surface area contributed by atoms with Crippen LogP contribution < -0.4 is 10.6 Å². The van der Waals surface area contributed by atoms with E-state index in [0.717, 1.165) is 31.6 Å². The minimum atomic E-state index is -0.370. The van der Waals surface area contributed by atoms with Crippen molar-refractivity contribution < 1.29 is 9.50 Å². The van der Waals surface area contributed by atoms with Crippen LogP contribution in [0.25, 0.3) is 0 Å². The third-order valence-corrected chi connectivity index (χ3v) is 3.61. The molecule has 1 aliphatic heterocycles. The molecule has 0 aromatic heterocycles. The van der Waals surface area contributed by atoms with E-state index in [1.165, 1.54) is 6.07 Å². The van der Waals surface area contributed by atoms with E-state index in [4.69, 9.17) is 23.1 Å². The molecule has 0 spiro atoms. The van der Waals surface area contributed by atoms with Crippen molar-refractivity contribution in [1.29, 1.82) is 0 Å². The van der Waals surface area contributed by atoms with Crippen LogP contribution >= 0.6 is 12.2 Å². The molecule has 1 aromatic rings. The summed E-state index contributed by atoms with van der Waals surface area (Å²) in [5.74, 6) is 0.0862. The van der Waals surface area contributed by atoms with Crippen molar-refractivity contribution in [1.82, 2.24) is 0 Å². The zero-order chi connectivity index (χ0) is 13.1. The number of anilines is 1. The second-order valence-corrected chi connectivity index (χ2v) is 5.05. The van der Waals surface area contributed by atoms with Gasteiger partial charge in [-0.05, 0) is 30.9 Å². The van der Waals surface area contributed by atoms with E-state index >= 15 is 0 Å². The van der Waals surface area contributed by atoms with Crippen LogP contribution in [0.15, 0.2) is 18.2 Å². The number of benzene rings is 1. The maximum atomic E-state index is 13.8. The van der Waals surface area contributed by atoms with Crippen LogP contribution in [-0.4, -0.2) is 29.8 Å². The van der Waals surface area contributed by atoms with Crippen LogP contribution in [0.4, 0.5) is 10.1 Å². The Hall–Kier alpha value is -1.20. The van der Waals surface area contributed by atoms with Gasteiger partial charge in [0.2, 0.25) is 0 Å². The average molecular weight is 268 g/mol. The quantitative estimate of drug-likeness (QED) is 0.816. The van der Waals surface area contributed by atoms with Crippen molar-refractivity contribution in [3.05, 3.63) is 29.6 Å². The van der Waals surface area contributed by atoms with Gasteiger partial charge < -0.3 is 15.7 Å². The number of hydrogen-bond donors (Lipinski definition) is 2. The molecule has 1 saturated heterocycles. The molecule has 1 atom stereocenters. The van der Waals surface area contributed by atoms with Crippen molar-refractivity contribution >= 4 is 22.9 Å². The minimum absolute atomic E-state index is 0.0914. The Balaban J connectivity index is 2.24. The molecule has 1 unspecified atom stereocenters. The summed E-state index contributed by atoms with van der Waals surface area (Å²) >= 11 is 4.92. The van der Waals surface area contributed by atoms with Gasteiger partial charge >= 0.3 is 0 Å². The second-order valence-electron chi connectivity index (χ2n) is 4.61. The smallest absolute Gasteiger partial charge is 0.135 e. The van der Waals surface area contributed by atoms with Gasteiger partial charge in [-0.2, -0.15) is 0 Å². The molecular weight excluding hydrogens is 251 g/mol. The van der Waals surface area contributed by atoms with Crippen molar-refractivity contribution in [2.24, 2.45) is 11.7 Å². The lowest BCUT2D eigenvalue weighted by Gasteiger charge is -2.22. The fourth-order valence-corrected chi connectivity index (χ4v) is 2.69. The van der Waals surface area contributed by atoms with Crippen LogP contribution in [0.2, 0.25) is 0 Å². The van der Waals surface area contributed by atoms with Crippen LogP contribution in [0.3, 0.4) is 0 Å². The normalized spacial score (nSPS) is 19.2.